The van der Waals surface area contributed by atoms with Crippen LogP contribution in [0.2, 0.25) is 0 Å². The van der Waals surface area contributed by atoms with Crippen molar-refractivity contribution in [3.63, 3.8) is 0 Å². The second-order valence-electron chi connectivity index (χ2n) is 1.68. The molecule has 0 saturated carbocycles. The highest BCUT2D eigenvalue weighted by molar-refractivity contribution is 8.23. The van der Waals surface area contributed by atoms with Crippen LogP contribution in [0.1, 0.15) is 0 Å². The first-order chi connectivity index (χ1) is 5.14. The molecule has 68 valence electrons. The molecule has 0 aliphatic rings. The Hall–Kier alpha value is 0.850. The quantitative estimate of drug-likeness (QED) is 0.521. The van der Waals surface area contributed by atoms with Crippen molar-refractivity contribution in [3.05, 3.63) is 0 Å². The molecule has 0 aromatic rings. The van der Waals surface area contributed by atoms with E-state index in [1.165, 1.54) is 37.7 Å². The summed E-state index contributed by atoms with van der Waals surface area (Å²) in [5, 5.41) is 0. The maximum absolute atomic E-state index is 11.6. The Labute approximate surface area is 76.1 Å². The smallest absolute Gasteiger partial charge is 0.311 e. The highest BCUT2D eigenvalue weighted by atomic mass is 32.2. The van der Waals surface area contributed by atoms with E-state index in [0.717, 1.165) is 0 Å². The monoisotopic (exact) mass is 216 g/mol. The van der Waals surface area contributed by atoms with Gasteiger partial charge in [-0.3, -0.25) is 4.57 Å². The van der Waals surface area contributed by atoms with E-state index in [2.05, 4.69) is 0 Å². The molecule has 0 aliphatic heterocycles. The summed E-state index contributed by atoms with van der Waals surface area (Å²) in [5.74, 6) is 0. The number of rotatable bonds is 5. The first kappa shape index (κ1) is 11.8. The van der Waals surface area contributed by atoms with Crippen LogP contribution in [-0.2, 0) is 13.6 Å². The highest BCUT2D eigenvalue weighted by Crippen LogP contribution is 2.58. The van der Waals surface area contributed by atoms with Crippen LogP contribution in [-0.4, -0.2) is 31.1 Å². The fraction of sp³-hybridized carbons (Fsp3) is 1.00. The van der Waals surface area contributed by atoms with Crippen molar-refractivity contribution in [2.24, 2.45) is 0 Å². The minimum absolute atomic E-state index is 0.127. The Bertz CT molecular complexity index is 141. The minimum Gasteiger partial charge on any atom is -0.311 e. The number of thioether (sulfide) groups is 2. The van der Waals surface area contributed by atoms with Crippen molar-refractivity contribution in [1.82, 2.24) is 0 Å². The van der Waals surface area contributed by atoms with Crippen LogP contribution < -0.4 is 0 Å². The molecule has 0 saturated heterocycles. The Morgan fingerprint density at radius 2 is 1.55 bits per heavy atom. The summed E-state index contributed by atoms with van der Waals surface area (Å²) < 4.78 is 21.1. The van der Waals surface area contributed by atoms with Crippen LogP contribution in [0.3, 0.4) is 0 Å². The number of hydrogen-bond donors (Lipinski definition) is 0. The van der Waals surface area contributed by atoms with Gasteiger partial charge in [-0.05, 0) is 12.5 Å². The predicted octanol–water partition coefficient (Wildman–Crippen LogP) is 2.48. The van der Waals surface area contributed by atoms with E-state index in [0.29, 0.717) is 0 Å². The van der Waals surface area contributed by atoms with E-state index in [1.807, 2.05) is 12.5 Å². The lowest BCUT2D eigenvalue weighted by atomic mass is 11.8. The molecule has 0 unspecified atom stereocenters. The lowest BCUT2D eigenvalue weighted by Gasteiger charge is -2.20. The minimum atomic E-state index is -2.87. The zero-order valence-electron chi connectivity index (χ0n) is 7.07. The van der Waals surface area contributed by atoms with E-state index in [-0.39, 0.29) is 4.32 Å². The van der Waals surface area contributed by atoms with Gasteiger partial charge in [-0.25, -0.2) is 0 Å². The number of hydrogen-bond acceptors (Lipinski definition) is 5. The molecular formula is C5H13O3PS2. The lowest BCUT2D eigenvalue weighted by molar-refractivity contribution is 0.279. The first-order valence-electron chi connectivity index (χ1n) is 2.91. The van der Waals surface area contributed by atoms with E-state index in [9.17, 15) is 4.57 Å². The SMILES string of the molecule is COP(=O)(OC)C(SC)SC. The molecule has 0 amide bonds. The summed E-state index contributed by atoms with van der Waals surface area (Å²) in [7, 11) is -0.0524. The molecular weight excluding hydrogens is 203 g/mol. The van der Waals surface area contributed by atoms with Crippen molar-refractivity contribution in [2.45, 2.75) is 4.32 Å². The van der Waals surface area contributed by atoms with Crippen molar-refractivity contribution >= 4 is 31.1 Å². The Kier molecular flexibility index (Phi) is 5.91. The third-order valence-corrected chi connectivity index (χ3v) is 7.48. The molecule has 6 heteroatoms. The molecule has 0 fully saturated rings. The maximum atomic E-state index is 11.6. The zero-order chi connectivity index (χ0) is 8.91. The van der Waals surface area contributed by atoms with E-state index in [1.54, 1.807) is 0 Å². The molecule has 0 rings (SSSR count). The maximum Gasteiger partial charge on any atom is 0.352 e. The van der Waals surface area contributed by atoms with Crippen LogP contribution in [0.25, 0.3) is 0 Å². The zero-order valence-corrected chi connectivity index (χ0v) is 9.59. The Morgan fingerprint density at radius 1 is 1.18 bits per heavy atom. The van der Waals surface area contributed by atoms with E-state index < -0.39 is 7.60 Å². The lowest BCUT2D eigenvalue weighted by Crippen LogP contribution is -2.01. The highest BCUT2D eigenvalue weighted by Gasteiger charge is 2.32. The molecule has 0 aromatic heterocycles. The summed E-state index contributed by atoms with van der Waals surface area (Å²) in [6.07, 6.45) is 3.76. The Balaban J connectivity index is 4.32. The molecule has 0 bridgehead atoms. The van der Waals surface area contributed by atoms with Gasteiger partial charge in [0.1, 0.15) is 0 Å². The van der Waals surface area contributed by atoms with Crippen molar-refractivity contribution < 1.29 is 13.6 Å². The summed E-state index contributed by atoms with van der Waals surface area (Å²) in [5.41, 5.74) is 0. The van der Waals surface area contributed by atoms with Crippen LogP contribution in [0.15, 0.2) is 0 Å². The van der Waals surface area contributed by atoms with E-state index >= 15 is 0 Å². The van der Waals surface area contributed by atoms with Gasteiger partial charge >= 0.3 is 7.60 Å². The molecule has 0 spiro atoms. The van der Waals surface area contributed by atoms with Crippen LogP contribution in [0.5, 0.6) is 0 Å². The Morgan fingerprint density at radius 3 is 1.64 bits per heavy atom. The average Bonchev–Trinajstić information content (AvgIpc) is 2.06. The van der Waals surface area contributed by atoms with Gasteiger partial charge in [0.05, 0.1) is 0 Å². The predicted molar refractivity (Wildman–Crippen MR) is 52.4 cm³/mol. The fourth-order valence-electron chi connectivity index (χ4n) is 0.601. The van der Waals surface area contributed by atoms with Crippen LogP contribution in [0.4, 0.5) is 0 Å². The molecule has 0 aliphatic carbocycles. The second-order valence-corrected chi connectivity index (χ2v) is 6.89. The third-order valence-electron chi connectivity index (χ3n) is 1.17. The molecule has 3 nitrogen and oxygen atoms in total. The first-order valence-corrected chi connectivity index (χ1v) is 7.10. The van der Waals surface area contributed by atoms with Gasteiger partial charge in [0.25, 0.3) is 0 Å². The molecule has 11 heavy (non-hydrogen) atoms. The van der Waals surface area contributed by atoms with Gasteiger partial charge in [-0.1, -0.05) is 0 Å². The van der Waals surface area contributed by atoms with Crippen molar-refractivity contribution in [1.29, 1.82) is 0 Å². The standard InChI is InChI=1S/C5H13O3PS2/c1-7-9(6,8-2)5(10-3)11-4/h5H,1-4H3. The third kappa shape index (κ3) is 2.99. The van der Waals surface area contributed by atoms with Crippen molar-refractivity contribution in [3.8, 4) is 0 Å². The normalized spacial score (nSPS) is 12.5. The topological polar surface area (TPSA) is 35.5 Å². The second kappa shape index (κ2) is 5.49. The molecule has 0 radical (unpaired) electrons. The van der Waals surface area contributed by atoms with Gasteiger partial charge in [0.15, 0.2) is 4.32 Å². The summed E-state index contributed by atoms with van der Waals surface area (Å²) in [4.78, 5) is 0. The average molecular weight is 216 g/mol. The molecule has 0 atom stereocenters. The summed E-state index contributed by atoms with van der Waals surface area (Å²) >= 11 is 2.95. The summed E-state index contributed by atoms with van der Waals surface area (Å²) in [6.45, 7) is 0. The molecule has 0 aromatic carbocycles. The van der Waals surface area contributed by atoms with Crippen molar-refractivity contribution in [2.75, 3.05) is 26.7 Å². The van der Waals surface area contributed by atoms with Gasteiger partial charge in [-0.2, -0.15) is 0 Å². The van der Waals surface area contributed by atoms with Gasteiger partial charge < -0.3 is 9.05 Å². The fourth-order valence-corrected chi connectivity index (χ4v) is 4.96. The van der Waals surface area contributed by atoms with Gasteiger partial charge in [0.2, 0.25) is 0 Å². The van der Waals surface area contributed by atoms with Gasteiger partial charge in [-0.15, -0.1) is 23.5 Å². The molecule has 0 N–H and O–H groups in total. The summed E-state index contributed by atoms with van der Waals surface area (Å²) in [6, 6.07) is 0. The van der Waals surface area contributed by atoms with Crippen LogP contribution in [0, 0.1) is 0 Å². The van der Waals surface area contributed by atoms with Crippen LogP contribution >= 0.6 is 31.1 Å². The molecule has 0 heterocycles. The largest absolute Gasteiger partial charge is 0.352 e. The van der Waals surface area contributed by atoms with E-state index in [4.69, 9.17) is 9.05 Å². The van der Waals surface area contributed by atoms with Gasteiger partial charge in [0, 0.05) is 14.2 Å².